The Morgan fingerprint density at radius 3 is 2.52 bits per heavy atom. The Kier molecular flexibility index (Phi) is 6.88. The number of rotatable bonds is 7. The van der Waals surface area contributed by atoms with Gasteiger partial charge in [0.1, 0.15) is 6.04 Å². The van der Waals surface area contributed by atoms with Gasteiger partial charge in [-0.15, -0.1) is 0 Å². The molecule has 1 heterocycles. The van der Waals surface area contributed by atoms with Gasteiger partial charge in [0.25, 0.3) is 0 Å². The molecule has 1 atom stereocenters. The summed E-state index contributed by atoms with van der Waals surface area (Å²) in [5, 5.41) is 2.99. The van der Waals surface area contributed by atoms with E-state index in [1.807, 2.05) is 70.2 Å². The van der Waals surface area contributed by atoms with Gasteiger partial charge < -0.3 is 19.7 Å². The molecule has 0 radical (unpaired) electrons. The number of hydrogen-bond donors (Lipinski definition) is 1. The van der Waals surface area contributed by atoms with Gasteiger partial charge in [0.05, 0.1) is 0 Å². The van der Waals surface area contributed by atoms with Crippen LogP contribution < -0.4 is 14.8 Å². The Morgan fingerprint density at radius 1 is 1.06 bits per heavy atom. The molecule has 0 aromatic heterocycles. The van der Waals surface area contributed by atoms with Crippen LogP contribution in [-0.2, 0) is 22.6 Å². The van der Waals surface area contributed by atoms with Crippen molar-refractivity contribution in [3.63, 3.8) is 0 Å². The van der Waals surface area contributed by atoms with Crippen LogP contribution in [-0.4, -0.2) is 35.1 Å². The predicted octanol–water partition coefficient (Wildman–Crippen LogP) is 3.99. The molecular weight excluding hydrogens is 392 g/mol. The van der Waals surface area contributed by atoms with Crippen molar-refractivity contribution in [2.75, 3.05) is 6.79 Å². The summed E-state index contributed by atoms with van der Waals surface area (Å²) in [4.78, 5) is 27.7. The zero-order valence-corrected chi connectivity index (χ0v) is 19.0. The summed E-state index contributed by atoms with van der Waals surface area (Å²) in [5.74, 6) is 1.22. The topological polar surface area (TPSA) is 67.9 Å². The smallest absolute Gasteiger partial charge is 0.242 e. The number of hydrogen-bond acceptors (Lipinski definition) is 4. The van der Waals surface area contributed by atoms with E-state index in [1.165, 1.54) is 0 Å². The number of fused-ring (bicyclic) bond motifs is 1. The molecule has 1 aliphatic rings. The predicted molar refractivity (Wildman–Crippen MR) is 120 cm³/mol. The van der Waals surface area contributed by atoms with Gasteiger partial charge in [-0.1, -0.05) is 35.9 Å². The first kappa shape index (κ1) is 22.7. The lowest BCUT2D eigenvalue weighted by atomic mass is 10.1. The van der Waals surface area contributed by atoms with Crippen LogP contribution in [0.5, 0.6) is 11.5 Å². The Balaban J connectivity index is 1.73. The minimum Gasteiger partial charge on any atom is -0.454 e. The number of nitrogens with zero attached hydrogens (tertiary/aromatic N) is 1. The zero-order valence-electron chi connectivity index (χ0n) is 19.0. The van der Waals surface area contributed by atoms with Crippen molar-refractivity contribution in [2.45, 2.75) is 65.6 Å². The molecule has 31 heavy (non-hydrogen) atoms. The molecule has 0 aliphatic carbocycles. The molecule has 0 saturated heterocycles. The summed E-state index contributed by atoms with van der Waals surface area (Å²) in [6, 6.07) is 13.2. The number of nitrogens with one attached hydrogen (secondary N) is 1. The number of ether oxygens (including phenoxy) is 2. The van der Waals surface area contributed by atoms with Crippen LogP contribution in [0.1, 0.15) is 50.8 Å². The van der Waals surface area contributed by atoms with E-state index in [4.69, 9.17) is 9.47 Å². The molecule has 1 aliphatic heterocycles. The van der Waals surface area contributed by atoms with E-state index >= 15 is 0 Å². The maximum atomic E-state index is 13.2. The van der Waals surface area contributed by atoms with Gasteiger partial charge in [-0.25, -0.2) is 0 Å². The molecule has 2 aromatic rings. The Bertz CT molecular complexity index is 949. The van der Waals surface area contributed by atoms with E-state index in [-0.39, 0.29) is 24.1 Å². The highest BCUT2D eigenvalue weighted by Crippen LogP contribution is 2.32. The Hall–Kier alpha value is -3.02. The van der Waals surface area contributed by atoms with Gasteiger partial charge in [-0.3, -0.25) is 9.59 Å². The molecule has 0 spiro atoms. The van der Waals surface area contributed by atoms with Gasteiger partial charge >= 0.3 is 0 Å². The van der Waals surface area contributed by atoms with Gasteiger partial charge in [-0.2, -0.15) is 0 Å². The number of carbonyl (C=O) groups excluding carboxylic acids is 2. The first-order valence-electron chi connectivity index (χ1n) is 10.7. The third-order valence-corrected chi connectivity index (χ3v) is 5.17. The average molecular weight is 425 g/mol. The van der Waals surface area contributed by atoms with E-state index in [1.54, 1.807) is 11.8 Å². The molecule has 2 amide bonds. The average Bonchev–Trinajstić information content (AvgIpc) is 3.16. The van der Waals surface area contributed by atoms with Crippen molar-refractivity contribution in [1.29, 1.82) is 0 Å². The van der Waals surface area contributed by atoms with Crippen molar-refractivity contribution in [2.24, 2.45) is 0 Å². The fourth-order valence-electron chi connectivity index (χ4n) is 3.56. The number of benzene rings is 2. The minimum absolute atomic E-state index is 0.0595. The molecule has 0 bridgehead atoms. The first-order chi connectivity index (χ1) is 14.6. The van der Waals surface area contributed by atoms with E-state index in [0.29, 0.717) is 25.1 Å². The van der Waals surface area contributed by atoms with Crippen LogP contribution in [0.15, 0.2) is 42.5 Å². The molecule has 6 nitrogen and oxygen atoms in total. The van der Waals surface area contributed by atoms with Crippen molar-refractivity contribution in [1.82, 2.24) is 10.2 Å². The zero-order chi connectivity index (χ0) is 22.6. The van der Waals surface area contributed by atoms with Gasteiger partial charge in [0, 0.05) is 18.5 Å². The van der Waals surface area contributed by atoms with E-state index < -0.39 is 6.04 Å². The standard InChI is InChI=1S/C25H32N2O4/c1-17-7-6-8-20(13-17)15-27(18(2)24(29)26-25(3,4)5)23(28)12-10-19-9-11-21-22(14-19)31-16-30-21/h6-9,11,13-14,18H,10,12,15-16H2,1-5H3,(H,26,29)/t18-/m1/s1. The van der Waals surface area contributed by atoms with Crippen molar-refractivity contribution in [3.05, 3.63) is 59.2 Å². The summed E-state index contributed by atoms with van der Waals surface area (Å²) >= 11 is 0. The largest absolute Gasteiger partial charge is 0.454 e. The summed E-state index contributed by atoms with van der Waals surface area (Å²) in [6.45, 7) is 10.2. The molecule has 0 unspecified atom stereocenters. The monoisotopic (exact) mass is 424 g/mol. The van der Waals surface area contributed by atoms with Gasteiger partial charge in [0.15, 0.2) is 11.5 Å². The lowest BCUT2D eigenvalue weighted by Crippen LogP contribution is -2.52. The maximum Gasteiger partial charge on any atom is 0.242 e. The summed E-state index contributed by atoms with van der Waals surface area (Å²) in [6.07, 6.45) is 0.867. The quantitative estimate of drug-likeness (QED) is 0.730. The second-order valence-electron chi connectivity index (χ2n) is 9.11. The van der Waals surface area contributed by atoms with E-state index in [2.05, 4.69) is 5.32 Å². The van der Waals surface area contributed by atoms with Crippen molar-refractivity contribution < 1.29 is 19.1 Å². The van der Waals surface area contributed by atoms with E-state index in [9.17, 15) is 9.59 Å². The normalized spacial score (nSPS) is 13.6. The van der Waals surface area contributed by atoms with Crippen molar-refractivity contribution >= 4 is 11.8 Å². The fraction of sp³-hybridized carbons (Fsp3) is 0.440. The molecule has 0 saturated carbocycles. The van der Waals surface area contributed by atoms with Crippen LogP contribution in [0.4, 0.5) is 0 Å². The molecule has 1 N–H and O–H groups in total. The van der Waals surface area contributed by atoms with Crippen LogP contribution in [0.25, 0.3) is 0 Å². The highest BCUT2D eigenvalue weighted by atomic mass is 16.7. The van der Waals surface area contributed by atoms with Crippen molar-refractivity contribution in [3.8, 4) is 11.5 Å². The third kappa shape index (κ3) is 6.23. The lowest BCUT2D eigenvalue weighted by molar-refractivity contribution is -0.141. The molecule has 2 aromatic carbocycles. The third-order valence-electron chi connectivity index (χ3n) is 5.17. The number of aryl methyl sites for hydroxylation is 2. The second-order valence-corrected chi connectivity index (χ2v) is 9.11. The van der Waals surface area contributed by atoms with Gasteiger partial charge in [0.2, 0.25) is 18.6 Å². The Labute approximate surface area is 184 Å². The van der Waals surface area contributed by atoms with Crippen LogP contribution >= 0.6 is 0 Å². The van der Waals surface area contributed by atoms with Gasteiger partial charge in [-0.05, 0) is 64.3 Å². The molecule has 0 fully saturated rings. The molecular formula is C25H32N2O4. The molecule has 6 heteroatoms. The summed E-state index contributed by atoms with van der Waals surface area (Å²) in [7, 11) is 0. The highest BCUT2D eigenvalue weighted by Gasteiger charge is 2.28. The van der Waals surface area contributed by atoms with Crippen LogP contribution in [0.2, 0.25) is 0 Å². The second kappa shape index (κ2) is 9.41. The number of carbonyl (C=O) groups is 2. The first-order valence-corrected chi connectivity index (χ1v) is 10.7. The summed E-state index contributed by atoms with van der Waals surface area (Å²) in [5.41, 5.74) is 2.76. The lowest BCUT2D eigenvalue weighted by Gasteiger charge is -2.31. The van der Waals surface area contributed by atoms with E-state index in [0.717, 1.165) is 22.4 Å². The summed E-state index contributed by atoms with van der Waals surface area (Å²) < 4.78 is 10.8. The van der Waals surface area contributed by atoms with Crippen LogP contribution in [0, 0.1) is 6.92 Å². The highest BCUT2D eigenvalue weighted by molar-refractivity contribution is 5.87. The van der Waals surface area contributed by atoms with Crippen LogP contribution in [0.3, 0.4) is 0 Å². The maximum absolute atomic E-state index is 13.2. The fourth-order valence-corrected chi connectivity index (χ4v) is 3.56. The molecule has 166 valence electrons. The Morgan fingerprint density at radius 2 is 1.81 bits per heavy atom. The SMILES string of the molecule is Cc1cccc(CN(C(=O)CCc2ccc3c(c2)OCO3)[C@H](C)C(=O)NC(C)(C)C)c1. The minimum atomic E-state index is -0.580. The number of amides is 2. The molecule has 3 rings (SSSR count).